The van der Waals surface area contributed by atoms with Crippen molar-refractivity contribution in [1.29, 1.82) is 0 Å². The first kappa shape index (κ1) is 9.16. The molecule has 72 valence electrons. The molecule has 0 saturated carbocycles. The maximum absolute atomic E-state index is 4.33. The molecule has 0 spiro atoms. The van der Waals surface area contributed by atoms with Gasteiger partial charge < -0.3 is 5.32 Å². The Bertz CT molecular complexity index is 423. The fraction of sp³-hybridized carbons (Fsp3) is 0.250. The van der Waals surface area contributed by atoms with E-state index in [4.69, 9.17) is 0 Å². The van der Waals surface area contributed by atoms with E-state index in [1.807, 2.05) is 19.3 Å². The van der Waals surface area contributed by atoms with Crippen LogP contribution in [0, 0.1) is 0 Å². The van der Waals surface area contributed by atoms with E-state index < -0.39 is 0 Å². The number of benzene rings is 1. The molecule has 0 unspecified atom stereocenters. The van der Waals surface area contributed by atoms with Crippen LogP contribution in [0.1, 0.15) is 5.56 Å². The van der Waals surface area contributed by atoms with Crippen LogP contribution in [-0.4, -0.2) is 18.6 Å². The van der Waals surface area contributed by atoms with Gasteiger partial charge in [0.25, 0.3) is 0 Å². The van der Waals surface area contributed by atoms with Crippen molar-refractivity contribution in [3.05, 3.63) is 42.1 Å². The molecule has 0 atom stereocenters. The predicted molar refractivity (Wildman–Crippen MR) is 59.4 cm³/mol. The topological polar surface area (TPSA) is 24.9 Å². The molecular formula is C12H14N2. The first-order valence-corrected chi connectivity index (χ1v) is 4.88. The van der Waals surface area contributed by atoms with Gasteiger partial charge in [0.1, 0.15) is 0 Å². The van der Waals surface area contributed by atoms with Gasteiger partial charge in [0.15, 0.2) is 0 Å². The molecule has 0 radical (unpaired) electrons. The van der Waals surface area contributed by atoms with E-state index in [0.29, 0.717) is 0 Å². The van der Waals surface area contributed by atoms with Crippen LogP contribution < -0.4 is 5.32 Å². The molecule has 14 heavy (non-hydrogen) atoms. The third kappa shape index (κ3) is 1.91. The van der Waals surface area contributed by atoms with E-state index in [9.17, 15) is 0 Å². The van der Waals surface area contributed by atoms with Crippen LogP contribution >= 0.6 is 0 Å². The molecular weight excluding hydrogens is 172 g/mol. The van der Waals surface area contributed by atoms with Crippen molar-refractivity contribution in [1.82, 2.24) is 10.3 Å². The van der Waals surface area contributed by atoms with E-state index >= 15 is 0 Å². The zero-order chi connectivity index (χ0) is 9.80. The Morgan fingerprint density at radius 1 is 1.29 bits per heavy atom. The van der Waals surface area contributed by atoms with E-state index in [1.54, 1.807) is 0 Å². The van der Waals surface area contributed by atoms with Gasteiger partial charge in [0, 0.05) is 11.6 Å². The van der Waals surface area contributed by atoms with Crippen LogP contribution in [0.25, 0.3) is 10.9 Å². The molecule has 2 heteroatoms. The Hall–Kier alpha value is -1.41. The molecule has 0 amide bonds. The van der Waals surface area contributed by atoms with Crippen LogP contribution in [-0.2, 0) is 6.42 Å². The summed E-state index contributed by atoms with van der Waals surface area (Å²) in [5.41, 5.74) is 2.42. The third-order valence-electron chi connectivity index (χ3n) is 2.33. The highest BCUT2D eigenvalue weighted by Gasteiger charge is 1.95. The number of likely N-dealkylation sites (N-methyl/N-ethyl adjacent to an activating group) is 1. The van der Waals surface area contributed by atoms with Gasteiger partial charge in [0.2, 0.25) is 0 Å². The van der Waals surface area contributed by atoms with Crippen LogP contribution in [0.2, 0.25) is 0 Å². The Kier molecular flexibility index (Phi) is 2.75. The maximum atomic E-state index is 4.33. The molecule has 0 saturated heterocycles. The summed E-state index contributed by atoms with van der Waals surface area (Å²) in [6, 6.07) is 10.5. The van der Waals surface area contributed by atoms with Gasteiger partial charge in [-0.1, -0.05) is 18.2 Å². The van der Waals surface area contributed by atoms with E-state index in [2.05, 4.69) is 34.6 Å². The van der Waals surface area contributed by atoms with Crippen molar-refractivity contribution in [2.24, 2.45) is 0 Å². The second-order valence-electron chi connectivity index (χ2n) is 3.38. The first-order valence-electron chi connectivity index (χ1n) is 4.88. The summed E-state index contributed by atoms with van der Waals surface area (Å²) in [7, 11) is 1.97. The van der Waals surface area contributed by atoms with E-state index in [0.717, 1.165) is 18.5 Å². The molecule has 1 aromatic carbocycles. The van der Waals surface area contributed by atoms with Gasteiger partial charge in [0.05, 0.1) is 5.52 Å². The minimum atomic E-state index is 1.01. The normalized spacial score (nSPS) is 10.6. The molecule has 2 aromatic rings. The van der Waals surface area contributed by atoms with Gasteiger partial charge in [-0.15, -0.1) is 0 Å². The van der Waals surface area contributed by atoms with Crippen molar-refractivity contribution in [2.45, 2.75) is 6.42 Å². The molecule has 2 rings (SSSR count). The summed E-state index contributed by atoms with van der Waals surface area (Å²) >= 11 is 0. The van der Waals surface area contributed by atoms with Gasteiger partial charge in [-0.2, -0.15) is 0 Å². The fourth-order valence-electron chi connectivity index (χ4n) is 1.54. The molecule has 0 bridgehead atoms. The number of pyridine rings is 1. The number of hydrogen-bond acceptors (Lipinski definition) is 2. The smallest absolute Gasteiger partial charge is 0.0704 e. The lowest BCUT2D eigenvalue weighted by atomic mass is 10.1. The second-order valence-corrected chi connectivity index (χ2v) is 3.38. The Balaban J connectivity index is 2.32. The maximum Gasteiger partial charge on any atom is 0.0704 e. The van der Waals surface area contributed by atoms with Crippen LogP contribution in [0.3, 0.4) is 0 Å². The second kappa shape index (κ2) is 4.20. The molecule has 0 aliphatic heterocycles. The van der Waals surface area contributed by atoms with Crippen molar-refractivity contribution >= 4 is 10.9 Å². The van der Waals surface area contributed by atoms with Crippen LogP contribution in [0.4, 0.5) is 0 Å². The van der Waals surface area contributed by atoms with E-state index in [-0.39, 0.29) is 0 Å². The highest BCUT2D eigenvalue weighted by atomic mass is 14.8. The summed E-state index contributed by atoms with van der Waals surface area (Å²) in [4.78, 5) is 4.33. The summed E-state index contributed by atoms with van der Waals surface area (Å²) in [5, 5.41) is 4.35. The molecule has 0 aliphatic rings. The predicted octanol–water partition coefficient (Wildman–Crippen LogP) is 2.00. The van der Waals surface area contributed by atoms with Gasteiger partial charge in [-0.25, -0.2) is 0 Å². The highest BCUT2D eigenvalue weighted by molar-refractivity contribution is 5.78. The van der Waals surface area contributed by atoms with Crippen molar-refractivity contribution in [3.8, 4) is 0 Å². The number of nitrogens with zero attached hydrogens (tertiary/aromatic N) is 1. The molecule has 0 fully saturated rings. The summed E-state index contributed by atoms with van der Waals surface area (Å²) in [5.74, 6) is 0. The SMILES string of the molecule is CNCCc1ccc2cccnc2c1. The lowest BCUT2D eigenvalue weighted by molar-refractivity contribution is 0.792. The quantitative estimate of drug-likeness (QED) is 0.793. The van der Waals surface area contributed by atoms with E-state index in [1.165, 1.54) is 10.9 Å². The van der Waals surface area contributed by atoms with Gasteiger partial charge in [-0.3, -0.25) is 4.98 Å². The monoisotopic (exact) mass is 186 g/mol. The van der Waals surface area contributed by atoms with Gasteiger partial charge in [-0.05, 0) is 37.7 Å². The molecule has 2 nitrogen and oxygen atoms in total. The highest BCUT2D eigenvalue weighted by Crippen LogP contribution is 2.13. The number of aromatic nitrogens is 1. The Morgan fingerprint density at radius 3 is 3.07 bits per heavy atom. The minimum Gasteiger partial charge on any atom is -0.319 e. The van der Waals surface area contributed by atoms with Crippen molar-refractivity contribution < 1.29 is 0 Å². The average molecular weight is 186 g/mol. The van der Waals surface area contributed by atoms with Crippen LogP contribution in [0.5, 0.6) is 0 Å². The lowest BCUT2D eigenvalue weighted by Gasteiger charge is -2.02. The first-order chi connectivity index (χ1) is 6.90. The summed E-state index contributed by atoms with van der Waals surface area (Å²) < 4.78 is 0. The standard InChI is InChI=1S/C12H14N2/c1-13-8-6-10-4-5-11-3-2-7-14-12(11)9-10/h2-5,7,9,13H,6,8H2,1H3. The van der Waals surface area contributed by atoms with Crippen LogP contribution in [0.15, 0.2) is 36.5 Å². The Labute approximate surface area is 84.0 Å². The van der Waals surface area contributed by atoms with Crippen molar-refractivity contribution in [2.75, 3.05) is 13.6 Å². The number of fused-ring (bicyclic) bond motifs is 1. The fourth-order valence-corrected chi connectivity index (χ4v) is 1.54. The zero-order valence-corrected chi connectivity index (χ0v) is 8.33. The molecule has 1 aromatic heterocycles. The Morgan fingerprint density at radius 2 is 2.21 bits per heavy atom. The largest absolute Gasteiger partial charge is 0.319 e. The number of rotatable bonds is 3. The molecule has 0 aliphatic carbocycles. The average Bonchev–Trinajstić information content (AvgIpc) is 2.26. The third-order valence-corrected chi connectivity index (χ3v) is 2.33. The molecule has 1 heterocycles. The number of hydrogen-bond donors (Lipinski definition) is 1. The summed E-state index contributed by atoms with van der Waals surface area (Å²) in [6.45, 7) is 1.01. The zero-order valence-electron chi connectivity index (χ0n) is 8.33. The number of nitrogens with one attached hydrogen (secondary N) is 1. The summed E-state index contributed by atoms with van der Waals surface area (Å²) in [6.07, 6.45) is 2.90. The molecule has 1 N–H and O–H groups in total. The van der Waals surface area contributed by atoms with Gasteiger partial charge >= 0.3 is 0 Å². The lowest BCUT2D eigenvalue weighted by Crippen LogP contribution is -2.10. The van der Waals surface area contributed by atoms with Crippen molar-refractivity contribution in [3.63, 3.8) is 0 Å². The minimum absolute atomic E-state index is 1.01.